The second kappa shape index (κ2) is 4.16. The molecule has 2 aromatic heterocycles. The van der Waals surface area contributed by atoms with E-state index in [1.807, 2.05) is 24.3 Å². The number of nitrogens with one attached hydrogen (secondary N) is 1. The van der Waals surface area contributed by atoms with E-state index in [0.29, 0.717) is 6.54 Å². The highest BCUT2D eigenvalue weighted by Crippen LogP contribution is 2.29. The number of H-pyrrole nitrogens is 1. The largest absolute Gasteiger partial charge is 0.508 e. The Kier molecular flexibility index (Phi) is 2.50. The Morgan fingerprint density at radius 1 is 1.17 bits per heavy atom. The van der Waals surface area contributed by atoms with Crippen molar-refractivity contribution in [3.63, 3.8) is 0 Å². The van der Waals surface area contributed by atoms with Crippen molar-refractivity contribution in [2.75, 3.05) is 0 Å². The summed E-state index contributed by atoms with van der Waals surface area (Å²) in [6.45, 7) is 0.424. The Morgan fingerprint density at radius 3 is 2.67 bits per heavy atom. The molecule has 3 rings (SSSR count). The Morgan fingerprint density at radius 2 is 1.94 bits per heavy atom. The van der Waals surface area contributed by atoms with Crippen molar-refractivity contribution in [3.05, 3.63) is 48.2 Å². The van der Waals surface area contributed by atoms with Gasteiger partial charge in [-0.05, 0) is 42.0 Å². The summed E-state index contributed by atoms with van der Waals surface area (Å²) < 4.78 is 0. The first-order chi connectivity index (χ1) is 8.79. The summed E-state index contributed by atoms with van der Waals surface area (Å²) in [4.78, 5) is 7.68. The predicted octanol–water partition coefficient (Wildman–Crippen LogP) is 2.39. The van der Waals surface area contributed by atoms with Crippen LogP contribution in [0, 0.1) is 0 Å². The number of aromatic amines is 1. The number of phenolic OH excluding ortho intramolecular Hbond substituents is 1. The number of pyridine rings is 1. The van der Waals surface area contributed by atoms with Gasteiger partial charge in [-0.3, -0.25) is 4.98 Å². The molecule has 2 heterocycles. The van der Waals surface area contributed by atoms with Gasteiger partial charge in [-0.2, -0.15) is 0 Å². The highest BCUT2D eigenvalue weighted by molar-refractivity contribution is 5.87. The minimum Gasteiger partial charge on any atom is -0.508 e. The first-order valence-electron chi connectivity index (χ1n) is 5.74. The zero-order valence-electron chi connectivity index (χ0n) is 9.72. The maximum atomic E-state index is 9.32. The van der Waals surface area contributed by atoms with Gasteiger partial charge in [0.25, 0.3) is 0 Å². The topological polar surface area (TPSA) is 74.9 Å². The first kappa shape index (κ1) is 10.8. The molecule has 3 aromatic rings. The summed E-state index contributed by atoms with van der Waals surface area (Å²) in [5, 5.41) is 9.32. The molecule has 4 N–H and O–H groups in total. The average Bonchev–Trinajstić information content (AvgIpc) is 2.78. The molecule has 0 atom stereocenters. The SMILES string of the molecule is NCc1c(-c2ccc(O)cc2)[nH]c2cccnc12. The quantitative estimate of drug-likeness (QED) is 0.642. The summed E-state index contributed by atoms with van der Waals surface area (Å²) in [5.41, 5.74) is 10.7. The van der Waals surface area contributed by atoms with Crippen LogP contribution in [0.3, 0.4) is 0 Å². The Labute approximate surface area is 104 Å². The number of hydrogen-bond donors (Lipinski definition) is 3. The summed E-state index contributed by atoms with van der Waals surface area (Å²) in [5.74, 6) is 0.252. The van der Waals surface area contributed by atoms with E-state index in [2.05, 4.69) is 9.97 Å². The lowest BCUT2D eigenvalue weighted by molar-refractivity contribution is 0.475. The van der Waals surface area contributed by atoms with E-state index < -0.39 is 0 Å². The lowest BCUT2D eigenvalue weighted by Gasteiger charge is -2.02. The minimum atomic E-state index is 0.252. The molecule has 4 heteroatoms. The standard InChI is InChI=1S/C14H13N3O/c15-8-11-13(9-3-5-10(18)6-4-9)17-12-2-1-7-16-14(11)12/h1-7,17-18H,8,15H2. The molecule has 0 unspecified atom stereocenters. The normalized spacial score (nSPS) is 10.9. The molecular formula is C14H13N3O. The maximum Gasteiger partial charge on any atom is 0.115 e. The molecule has 0 spiro atoms. The van der Waals surface area contributed by atoms with Gasteiger partial charge >= 0.3 is 0 Å². The van der Waals surface area contributed by atoms with Crippen molar-refractivity contribution in [2.24, 2.45) is 5.73 Å². The molecule has 0 fully saturated rings. The summed E-state index contributed by atoms with van der Waals surface area (Å²) in [6, 6.07) is 10.9. The number of aromatic hydroxyl groups is 1. The monoisotopic (exact) mass is 239 g/mol. The molecule has 0 radical (unpaired) electrons. The van der Waals surface area contributed by atoms with Gasteiger partial charge in [0.2, 0.25) is 0 Å². The van der Waals surface area contributed by atoms with E-state index in [1.54, 1.807) is 18.3 Å². The molecule has 0 bridgehead atoms. The fraction of sp³-hybridized carbons (Fsp3) is 0.0714. The van der Waals surface area contributed by atoms with E-state index in [-0.39, 0.29) is 5.75 Å². The molecule has 0 aliphatic carbocycles. The summed E-state index contributed by atoms with van der Waals surface area (Å²) >= 11 is 0. The van der Waals surface area contributed by atoms with Gasteiger partial charge in [0.1, 0.15) is 5.75 Å². The number of nitrogens with two attached hydrogens (primary N) is 1. The zero-order valence-corrected chi connectivity index (χ0v) is 9.72. The van der Waals surface area contributed by atoms with E-state index >= 15 is 0 Å². The second-order valence-corrected chi connectivity index (χ2v) is 4.13. The molecule has 90 valence electrons. The zero-order chi connectivity index (χ0) is 12.5. The van der Waals surface area contributed by atoms with Crippen LogP contribution in [0.25, 0.3) is 22.3 Å². The predicted molar refractivity (Wildman–Crippen MR) is 71.1 cm³/mol. The minimum absolute atomic E-state index is 0.252. The van der Waals surface area contributed by atoms with Gasteiger partial charge in [0.05, 0.1) is 16.7 Å². The summed E-state index contributed by atoms with van der Waals surface area (Å²) in [6.07, 6.45) is 1.76. The average molecular weight is 239 g/mol. The van der Waals surface area contributed by atoms with Gasteiger partial charge < -0.3 is 15.8 Å². The van der Waals surface area contributed by atoms with E-state index in [1.165, 1.54) is 0 Å². The number of hydrogen-bond acceptors (Lipinski definition) is 3. The van der Waals surface area contributed by atoms with Crippen LogP contribution in [0.5, 0.6) is 5.75 Å². The van der Waals surface area contributed by atoms with Crippen LogP contribution in [-0.2, 0) is 6.54 Å². The third-order valence-corrected chi connectivity index (χ3v) is 3.02. The highest BCUT2D eigenvalue weighted by Gasteiger charge is 2.12. The Balaban J connectivity index is 2.25. The van der Waals surface area contributed by atoms with Crippen molar-refractivity contribution < 1.29 is 5.11 Å². The van der Waals surface area contributed by atoms with Crippen LogP contribution in [0.15, 0.2) is 42.6 Å². The third-order valence-electron chi connectivity index (χ3n) is 3.02. The lowest BCUT2D eigenvalue weighted by Crippen LogP contribution is -1.97. The van der Waals surface area contributed by atoms with E-state index in [4.69, 9.17) is 5.73 Å². The van der Waals surface area contributed by atoms with E-state index in [9.17, 15) is 5.11 Å². The van der Waals surface area contributed by atoms with Gasteiger partial charge in [-0.15, -0.1) is 0 Å². The second-order valence-electron chi connectivity index (χ2n) is 4.13. The third kappa shape index (κ3) is 1.63. The maximum absolute atomic E-state index is 9.32. The lowest BCUT2D eigenvalue weighted by atomic mass is 10.1. The molecule has 0 saturated heterocycles. The van der Waals surface area contributed by atoms with Crippen molar-refractivity contribution >= 4 is 11.0 Å². The van der Waals surface area contributed by atoms with E-state index in [0.717, 1.165) is 27.9 Å². The number of phenols is 1. The fourth-order valence-corrected chi connectivity index (χ4v) is 2.15. The van der Waals surface area contributed by atoms with Gasteiger partial charge in [0, 0.05) is 18.3 Å². The van der Waals surface area contributed by atoms with Gasteiger partial charge in [0.15, 0.2) is 0 Å². The molecule has 18 heavy (non-hydrogen) atoms. The first-order valence-corrected chi connectivity index (χ1v) is 5.74. The molecule has 1 aromatic carbocycles. The molecule has 0 amide bonds. The number of rotatable bonds is 2. The number of aromatic nitrogens is 2. The van der Waals surface area contributed by atoms with Gasteiger partial charge in [-0.25, -0.2) is 0 Å². The number of benzene rings is 1. The Bertz CT molecular complexity index is 686. The van der Waals surface area contributed by atoms with Crippen LogP contribution in [0.1, 0.15) is 5.56 Å². The van der Waals surface area contributed by atoms with Crippen molar-refractivity contribution in [3.8, 4) is 17.0 Å². The number of nitrogens with zero attached hydrogens (tertiary/aromatic N) is 1. The highest BCUT2D eigenvalue weighted by atomic mass is 16.3. The van der Waals surface area contributed by atoms with Crippen LogP contribution in [-0.4, -0.2) is 15.1 Å². The van der Waals surface area contributed by atoms with Crippen LogP contribution in [0.2, 0.25) is 0 Å². The van der Waals surface area contributed by atoms with Crippen molar-refractivity contribution in [2.45, 2.75) is 6.54 Å². The molecule has 0 aliphatic heterocycles. The molecule has 0 saturated carbocycles. The Hall–Kier alpha value is -2.33. The van der Waals surface area contributed by atoms with Crippen LogP contribution < -0.4 is 5.73 Å². The van der Waals surface area contributed by atoms with Crippen molar-refractivity contribution in [1.29, 1.82) is 0 Å². The van der Waals surface area contributed by atoms with Gasteiger partial charge in [-0.1, -0.05) is 0 Å². The summed E-state index contributed by atoms with van der Waals surface area (Å²) in [7, 11) is 0. The van der Waals surface area contributed by atoms with Crippen LogP contribution in [0.4, 0.5) is 0 Å². The fourth-order valence-electron chi connectivity index (χ4n) is 2.15. The van der Waals surface area contributed by atoms with Crippen molar-refractivity contribution in [1.82, 2.24) is 9.97 Å². The molecule has 0 aliphatic rings. The molecular weight excluding hydrogens is 226 g/mol. The molecule has 4 nitrogen and oxygen atoms in total. The number of fused-ring (bicyclic) bond motifs is 1. The van der Waals surface area contributed by atoms with Crippen LogP contribution >= 0.6 is 0 Å². The smallest absolute Gasteiger partial charge is 0.115 e.